The summed E-state index contributed by atoms with van der Waals surface area (Å²) in [6.07, 6.45) is 3.19. The van der Waals surface area contributed by atoms with Crippen LogP contribution in [-0.2, 0) is 10.0 Å². The van der Waals surface area contributed by atoms with E-state index in [0.29, 0.717) is 10.6 Å². The topological polar surface area (TPSA) is 75.7 Å². The Hall–Kier alpha value is -2.65. The van der Waals surface area contributed by atoms with Crippen LogP contribution in [0, 0.1) is 5.82 Å². The molecule has 158 valence electrons. The number of halogens is 1. The maximum Gasteiger partial charge on any atom is 0.265 e. The third-order valence-electron chi connectivity index (χ3n) is 5.04. The number of hydrogen-bond donors (Lipinski definition) is 1. The minimum Gasteiger partial charge on any atom is -0.495 e. The molecular formula is C21H21FN2O4S2. The van der Waals surface area contributed by atoms with E-state index in [4.69, 9.17) is 4.74 Å². The van der Waals surface area contributed by atoms with E-state index in [1.165, 1.54) is 24.5 Å². The number of nitrogens with one attached hydrogen (secondary N) is 1. The lowest BCUT2D eigenvalue weighted by atomic mass is 10.1. The SMILES string of the molecule is COc1ccc(F)cc1S(=O)(=O)Nc1ccc2sc(C(=O)N3CCCCC3)cc2c1. The monoisotopic (exact) mass is 448 g/mol. The quantitative estimate of drug-likeness (QED) is 0.625. The third kappa shape index (κ3) is 4.13. The number of anilines is 1. The van der Waals surface area contributed by atoms with Crippen molar-refractivity contribution in [3.05, 3.63) is 53.2 Å². The molecule has 1 N–H and O–H groups in total. The summed E-state index contributed by atoms with van der Waals surface area (Å²) in [6, 6.07) is 10.2. The standard InChI is InChI=1S/C21H21FN2O4S2/c1-28-17-7-5-15(22)13-20(17)30(26,27)23-16-6-8-18-14(11-16)12-19(29-18)21(25)24-9-3-2-4-10-24/h5-8,11-13,23H,2-4,9-10H2,1H3. The second-order valence-corrected chi connectivity index (χ2v) is 9.85. The van der Waals surface area contributed by atoms with Crippen LogP contribution in [0.3, 0.4) is 0 Å². The van der Waals surface area contributed by atoms with Gasteiger partial charge in [-0.1, -0.05) is 0 Å². The highest BCUT2D eigenvalue weighted by Crippen LogP contribution is 2.31. The highest BCUT2D eigenvalue weighted by Gasteiger charge is 2.22. The van der Waals surface area contributed by atoms with Crippen LogP contribution < -0.4 is 9.46 Å². The van der Waals surface area contributed by atoms with Crippen molar-refractivity contribution in [2.45, 2.75) is 24.2 Å². The number of likely N-dealkylation sites (tertiary alicyclic amines) is 1. The van der Waals surface area contributed by atoms with Crippen molar-refractivity contribution in [1.29, 1.82) is 0 Å². The van der Waals surface area contributed by atoms with E-state index in [2.05, 4.69) is 4.72 Å². The van der Waals surface area contributed by atoms with E-state index in [9.17, 15) is 17.6 Å². The number of carbonyl (C=O) groups is 1. The number of benzene rings is 2. The molecule has 30 heavy (non-hydrogen) atoms. The van der Waals surface area contributed by atoms with Crippen LogP contribution in [-0.4, -0.2) is 39.4 Å². The first-order valence-corrected chi connectivity index (χ1v) is 11.9. The zero-order valence-corrected chi connectivity index (χ0v) is 18.0. The molecule has 0 radical (unpaired) electrons. The summed E-state index contributed by atoms with van der Waals surface area (Å²) in [6.45, 7) is 1.54. The van der Waals surface area contributed by atoms with Gasteiger partial charge in [-0.15, -0.1) is 11.3 Å². The number of fused-ring (bicyclic) bond motifs is 1. The molecule has 1 aliphatic rings. The van der Waals surface area contributed by atoms with E-state index in [0.717, 1.165) is 54.6 Å². The molecule has 0 saturated carbocycles. The summed E-state index contributed by atoms with van der Waals surface area (Å²) in [5.41, 5.74) is 0.323. The fraction of sp³-hybridized carbons (Fsp3) is 0.286. The second-order valence-electron chi connectivity index (χ2n) is 7.12. The number of nitrogens with zero attached hydrogens (tertiary/aromatic N) is 1. The smallest absolute Gasteiger partial charge is 0.265 e. The Labute approximate surface area is 178 Å². The number of piperidine rings is 1. The first kappa shape index (κ1) is 20.6. The van der Waals surface area contributed by atoms with Crippen molar-refractivity contribution in [2.24, 2.45) is 0 Å². The number of amides is 1. The normalized spacial score (nSPS) is 14.7. The van der Waals surface area contributed by atoms with Gasteiger partial charge in [0.05, 0.1) is 12.0 Å². The van der Waals surface area contributed by atoms with Gasteiger partial charge >= 0.3 is 0 Å². The highest BCUT2D eigenvalue weighted by molar-refractivity contribution is 7.92. The average Bonchev–Trinajstić information content (AvgIpc) is 3.17. The second kappa shape index (κ2) is 8.23. The lowest BCUT2D eigenvalue weighted by Crippen LogP contribution is -2.35. The number of hydrogen-bond acceptors (Lipinski definition) is 5. The van der Waals surface area contributed by atoms with Crippen LogP contribution in [0.4, 0.5) is 10.1 Å². The van der Waals surface area contributed by atoms with Gasteiger partial charge in [0.2, 0.25) is 0 Å². The lowest BCUT2D eigenvalue weighted by Gasteiger charge is -2.26. The molecule has 0 bridgehead atoms. The summed E-state index contributed by atoms with van der Waals surface area (Å²) >= 11 is 1.39. The van der Waals surface area contributed by atoms with Gasteiger partial charge in [-0.25, -0.2) is 12.8 Å². The minimum absolute atomic E-state index is 0.0162. The summed E-state index contributed by atoms with van der Waals surface area (Å²) < 4.78 is 47.6. The van der Waals surface area contributed by atoms with Gasteiger partial charge in [-0.2, -0.15) is 0 Å². The van der Waals surface area contributed by atoms with Crippen molar-refractivity contribution >= 4 is 43.0 Å². The van der Waals surface area contributed by atoms with E-state index in [1.807, 2.05) is 4.90 Å². The Morgan fingerprint density at radius 2 is 1.87 bits per heavy atom. The van der Waals surface area contributed by atoms with Crippen LogP contribution >= 0.6 is 11.3 Å². The van der Waals surface area contributed by atoms with Crippen molar-refractivity contribution in [3.8, 4) is 5.75 Å². The molecule has 2 aromatic carbocycles. The number of methoxy groups -OCH3 is 1. The molecule has 1 fully saturated rings. The van der Waals surface area contributed by atoms with Gasteiger partial charge in [0.25, 0.3) is 15.9 Å². The predicted molar refractivity (Wildman–Crippen MR) is 115 cm³/mol. The van der Waals surface area contributed by atoms with Crippen molar-refractivity contribution in [2.75, 3.05) is 24.9 Å². The van der Waals surface area contributed by atoms with Crippen molar-refractivity contribution in [1.82, 2.24) is 4.90 Å². The number of ether oxygens (including phenoxy) is 1. The van der Waals surface area contributed by atoms with E-state index in [1.54, 1.807) is 24.3 Å². The molecule has 0 atom stereocenters. The Morgan fingerprint density at radius 3 is 2.60 bits per heavy atom. The number of thiophene rings is 1. The fourth-order valence-electron chi connectivity index (χ4n) is 3.54. The van der Waals surface area contributed by atoms with Gasteiger partial charge in [-0.3, -0.25) is 9.52 Å². The van der Waals surface area contributed by atoms with Crippen LogP contribution in [0.5, 0.6) is 5.75 Å². The average molecular weight is 449 g/mol. The summed E-state index contributed by atoms with van der Waals surface area (Å²) in [5, 5.41) is 0.770. The van der Waals surface area contributed by atoms with E-state index < -0.39 is 15.8 Å². The van der Waals surface area contributed by atoms with Gasteiger partial charge in [0, 0.05) is 23.5 Å². The molecule has 9 heteroatoms. The Morgan fingerprint density at radius 1 is 1.10 bits per heavy atom. The predicted octanol–water partition coefficient (Wildman–Crippen LogP) is 4.48. The largest absolute Gasteiger partial charge is 0.495 e. The van der Waals surface area contributed by atoms with E-state index in [-0.39, 0.29) is 16.6 Å². The van der Waals surface area contributed by atoms with Crippen LogP contribution in [0.25, 0.3) is 10.1 Å². The number of rotatable bonds is 5. The highest BCUT2D eigenvalue weighted by atomic mass is 32.2. The minimum atomic E-state index is -4.06. The molecule has 1 aliphatic heterocycles. The summed E-state index contributed by atoms with van der Waals surface area (Å²) in [7, 11) is -2.74. The van der Waals surface area contributed by atoms with Crippen LogP contribution in [0.1, 0.15) is 28.9 Å². The molecule has 1 amide bonds. The first-order valence-electron chi connectivity index (χ1n) is 9.56. The number of carbonyl (C=O) groups excluding carboxylic acids is 1. The molecule has 1 aromatic heterocycles. The van der Waals surface area contributed by atoms with Gasteiger partial charge in [-0.05, 0) is 67.1 Å². The molecule has 0 spiro atoms. The molecular weight excluding hydrogens is 427 g/mol. The number of sulfonamides is 1. The maximum atomic E-state index is 13.6. The van der Waals surface area contributed by atoms with Gasteiger partial charge < -0.3 is 9.64 Å². The molecule has 4 rings (SSSR count). The first-order chi connectivity index (χ1) is 14.4. The zero-order valence-electron chi connectivity index (χ0n) is 16.4. The fourth-order valence-corrected chi connectivity index (χ4v) is 5.78. The zero-order chi connectivity index (χ0) is 21.3. The summed E-state index contributed by atoms with van der Waals surface area (Å²) in [4.78, 5) is 15.0. The van der Waals surface area contributed by atoms with Crippen LogP contribution in [0.2, 0.25) is 0 Å². The van der Waals surface area contributed by atoms with Crippen molar-refractivity contribution < 1.29 is 22.3 Å². The Kier molecular flexibility index (Phi) is 5.66. The molecule has 0 aliphatic carbocycles. The Balaban J connectivity index is 1.61. The third-order valence-corrected chi connectivity index (χ3v) is 7.54. The van der Waals surface area contributed by atoms with Crippen LogP contribution in [0.15, 0.2) is 47.4 Å². The summed E-state index contributed by atoms with van der Waals surface area (Å²) in [5.74, 6) is -0.609. The lowest BCUT2D eigenvalue weighted by molar-refractivity contribution is 0.0729. The van der Waals surface area contributed by atoms with E-state index >= 15 is 0 Å². The van der Waals surface area contributed by atoms with Gasteiger partial charge in [0.15, 0.2) is 0 Å². The molecule has 6 nitrogen and oxygen atoms in total. The van der Waals surface area contributed by atoms with Gasteiger partial charge in [0.1, 0.15) is 16.5 Å². The molecule has 2 heterocycles. The maximum absolute atomic E-state index is 13.6. The molecule has 3 aromatic rings. The Bertz CT molecular complexity index is 1200. The van der Waals surface area contributed by atoms with Crippen molar-refractivity contribution in [3.63, 3.8) is 0 Å². The molecule has 0 unspecified atom stereocenters. The molecule has 1 saturated heterocycles.